The summed E-state index contributed by atoms with van der Waals surface area (Å²) < 4.78 is 4.31. The van der Waals surface area contributed by atoms with Crippen molar-refractivity contribution in [2.75, 3.05) is 0 Å². The van der Waals surface area contributed by atoms with Crippen LogP contribution in [0, 0.1) is 20.8 Å². The van der Waals surface area contributed by atoms with Crippen molar-refractivity contribution >= 4 is 21.8 Å². The van der Waals surface area contributed by atoms with Crippen LogP contribution in [0.15, 0.2) is 140 Å². The van der Waals surface area contributed by atoms with E-state index in [-0.39, 0.29) is 0 Å². The summed E-state index contributed by atoms with van der Waals surface area (Å²) in [7, 11) is 0. The number of fused-ring (bicyclic) bond motifs is 3. The van der Waals surface area contributed by atoms with Crippen LogP contribution in [0.2, 0.25) is 0 Å². The van der Waals surface area contributed by atoms with E-state index in [9.17, 15) is 0 Å². The highest BCUT2D eigenvalue weighted by Crippen LogP contribution is 2.37. The van der Waals surface area contributed by atoms with Crippen molar-refractivity contribution < 1.29 is 0 Å². The number of rotatable bonds is 5. The molecule has 8 aromatic rings. The van der Waals surface area contributed by atoms with Gasteiger partial charge < -0.3 is 4.57 Å². The number of nitrogens with zero attached hydrogens (tertiary/aromatic N) is 4. The van der Waals surface area contributed by atoms with Crippen LogP contribution in [-0.4, -0.2) is 19.3 Å². The molecule has 2 heterocycles. The number of aryl methyl sites for hydroxylation is 3. The molecule has 0 atom stereocenters. The second kappa shape index (κ2) is 10.8. The van der Waals surface area contributed by atoms with Gasteiger partial charge in [-0.15, -0.1) is 5.10 Å². The van der Waals surface area contributed by atoms with E-state index < -0.39 is 0 Å². The summed E-state index contributed by atoms with van der Waals surface area (Å²) in [6.45, 7) is 6.59. The highest BCUT2D eigenvalue weighted by molar-refractivity contribution is 6.10. The molecule has 0 N–H and O–H groups in total. The van der Waals surface area contributed by atoms with Gasteiger partial charge in [-0.05, 0) is 85.5 Å². The SMILES string of the molecule is Cc1cc(C)c(-c2ccc3c(c2)c2ccccc2n3-c2ccc(-n3nc(-c4ccccc4)nc3-c3ccccc3)cc2)c(C)c1. The van der Waals surface area contributed by atoms with E-state index in [0.29, 0.717) is 5.82 Å². The normalized spacial score (nSPS) is 11.4. The maximum absolute atomic E-state index is 4.98. The monoisotopic (exact) mass is 580 g/mol. The van der Waals surface area contributed by atoms with Crippen LogP contribution in [-0.2, 0) is 0 Å². The van der Waals surface area contributed by atoms with Crippen molar-refractivity contribution in [1.29, 1.82) is 0 Å². The van der Waals surface area contributed by atoms with Gasteiger partial charge in [-0.1, -0.05) is 103 Å². The van der Waals surface area contributed by atoms with E-state index in [1.165, 1.54) is 49.6 Å². The summed E-state index contributed by atoms with van der Waals surface area (Å²) >= 11 is 0. The minimum atomic E-state index is 0.704. The quantitative estimate of drug-likeness (QED) is 0.203. The molecule has 0 radical (unpaired) electrons. The minimum absolute atomic E-state index is 0.704. The van der Waals surface area contributed by atoms with E-state index in [0.717, 1.165) is 28.3 Å². The zero-order chi connectivity index (χ0) is 30.5. The molecule has 4 nitrogen and oxygen atoms in total. The van der Waals surface area contributed by atoms with Gasteiger partial charge in [0.1, 0.15) is 0 Å². The van der Waals surface area contributed by atoms with Crippen molar-refractivity contribution in [2.24, 2.45) is 0 Å². The topological polar surface area (TPSA) is 35.6 Å². The summed E-state index contributed by atoms with van der Waals surface area (Å²) in [5.41, 5.74) is 12.9. The fourth-order valence-corrected chi connectivity index (χ4v) is 6.76. The first-order valence-electron chi connectivity index (χ1n) is 15.4. The molecule has 45 heavy (non-hydrogen) atoms. The first-order chi connectivity index (χ1) is 22.0. The number of hydrogen-bond acceptors (Lipinski definition) is 2. The smallest absolute Gasteiger partial charge is 0.182 e. The van der Waals surface area contributed by atoms with Gasteiger partial charge in [0.05, 0.1) is 16.7 Å². The average Bonchev–Trinajstić information content (AvgIpc) is 3.66. The molecule has 0 bridgehead atoms. The second-order valence-electron chi connectivity index (χ2n) is 11.8. The lowest BCUT2D eigenvalue weighted by atomic mass is 9.93. The van der Waals surface area contributed by atoms with Gasteiger partial charge in [-0.3, -0.25) is 0 Å². The molecule has 0 fully saturated rings. The highest BCUT2D eigenvalue weighted by atomic mass is 15.4. The Labute approximate surface area is 262 Å². The lowest BCUT2D eigenvalue weighted by molar-refractivity contribution is 0.889. The molecule has 216 valence electrons. The Morgan fingerprint density at radius 3 is 1.80 bits per heavy atom. The van der Waals surface area contributed by atoms with E-state index >= 15 is 0 Å². The van der Waals surface area contributed by atoms with Crippen LogP contribution in [0.3, 0.4) is 0 Å². The molecule has 0 unspecified atom stereocenters. The van der Waals surface area contributed by atoms with Crippen molar-refractivity contribution in [3.05, 3.63) is 156 Å². The standard InChI is InChI=1S/C41H32N4/c1-27-24-28(2)39(29(3)25-27)32-18-23-38-36(26-32)35-16-10-11-17-37(35)44(38)33-19-21-34(22-20-33)45-41(31-14-8-5-9-15-31)42-40(43-45)30-12-6-4-7-13-30/h4-26H,1-3H3. The fourth-order valence-electron chi connectivity index (χ4n) is 6.76. The van der Waals surface area contributed by atoms with E-state index in [1.54, 1.807) is 0 Å². The first kappa shape index (κ1) is 26.9. The molecule has 8 rings (SSSR count). The van der Waals surface area contributed by atoms with Crippen molar-refractivity contribution in [3.8, 4) is 45.3 Å². The summed E-state index contributed by atoms with van der Waals surface area (Å²) in [5, 5.41) is 7.47. The molecule has 0 aliphatic rings. The largest absolute Gasteiger partial charge is 0.309 e. The van der Waals surface area contributed by atoms with Crippen LogP contribution in [0.4, 0.5) is 0 Å². The third-order valence-corrected chi connectivity index (χ3v) is 8.66. The summed E-state index contributed by atoms with van der Waals surface area (Å²) in [6.07, 6.45) is 0. The van der Waals surface area contributed by atoms with E-state index in [1.807, 2.05) is 53.2 Å². The molecule has 2 aromatic heterocycles. The molecule has 0 aliphatic carbocycles. The van der Waals surface area contributed by atoms with Crippen LogP contribution < -0.4 is 0 Å². The van der Waals surface area contributed by atoms with Gasteiger partial charge in [-0.25, -0.2) is 9.67 Å². The molecule has 0 spiro atoms. The van der Waals surface area contributed by atoms with Crippen LogP contribution >= 0.6 is 0 Å². The van der Waals surface area contributed by atoms with Crippen molar-refractivity contribution in [3.63, 3.8) is 0 Å². The minimum Gasteiger partial charge on any atom is -0.309 e. The van der Waals surface area contributed by atoms with Gasteiger partial charge in [0.15, 0.2) is 11.6 Å². The Balaban J connectivity index is 1.25. The maximum Gasteiger partial charge on any atom is 0.182 e. The summed E-state index contributed by atoms with van der Waals surface area (Å²) in [5.74, 6) is 1.52. The zero-order valence-electron chi connectivity index (χ0n) is 25.6. The first-order valence-corrected chi connectivity index (χ1v) is 15.4. The van der Waals surface area contributed by atoms with Crippen LogP contribution in [0.5, 0.6) is 0 Å². The lowest BCUT2D eigenvalue weighted by Gasteiger charge is -2.13. The number of benzene rings is 6. The molecular weight excluding hydrogens is 548 g/mol. The van der Waals surface area contributed by atoms with Gasteiger partial charge in [0.2, 0.25) is 0 Å². The second-order valence-corrected chi connectivity index (χ2v) is 11.8. The summed E-state index contributed by atoms with van der Waals surface area (Å²) in [6, 6.07) is 49.2. The Bertz CT molecular complexity index is 2300. The van der Waals surface area contributed by atoms with Crippen LogP contribution in [0.25, 0.3) is 67.1 Å². The van der Waals surface area contributed by atoms with E-state index in [4.69, 9.17) is 10.1 Å². The number of para-hydroxylation sites is 1. The Hall–Kier alpha value is -5.74. The van der Waals surface area contributed by atoms with Gasteiger partial charge in [-0.2, -0.15) is 0 Å². The molecule has 4 heteroatoms. The lowest BCUT2D eigenvalue weighted by Crippen LogP contribution is -2.01. The summed E-state index contributed by atoms with van der Waals surface area (Å²) in [4.78, 5) is 4.98. The van der Waals surface area contributed by atoms with Gasteiger partial charge >= 0.3 is 0 Å². The fraction of sp³-hybridized carbons (Fsp3) is 0.0732. The third kappa shape index (κ3) is 4.63. The Morgan fingerprint density at radius 2 is 1.09 bits per heavy atom. The number of aromatic nitrogens is 4. The predicted octanol–water partition coefficient (Wildman–Crippen LogP) is 10.3. The maximum atomic E-state index is 4.98. The van der Waals surface area contributed by atoms with Crippen molar-refractivity contribution in [2.45, 2.75) is 20.8 Å². The molecular formula is C41H32N4. The van der Waals surface area contributed by atoms with Gasteiger partial charge in [0, 0.05) is 27.6 Å². The Morgan fingerprint density at radius 1 is 0.489 bits per heavy atom. The zero-order valence-corrected chi connectivity index (χ0v) is 25.6. The number of hydrogen-bond donors (Lipinski definition) is 0. The molecule has 0 aliphatic heterocycles. The van der Waals surface area contributed by atoms with Crippen molar-refractivity contribution in [1.82, 2.24) is 19.3 Å². The molecule has 0 amide bonds. The molecule has 0 saturated carbocycles. The van der Waals surface area contributed by atoms with Gasteiger partial charge in [0.25, 0.3) is 0 Å². The van der Waals surface area contributed by atoms with Crippen LogP contribution in [0.1, 0.15) is 16.7 Å². The Kier molecular flexibility index (Phi) is 6.42. The third-order valence-electron chi connectivity index (χ3n) is 8.66. The highest BCUT2D eigenvalue weighted by Gasteiger charge is 2.17. The average molecular weight is 581 g/mol. The molecule has 0 saturated heterocycles. The van der Waals surface area contributed by atoms with E-state index in [2.05, 4.69) is 116 Å². The predicted molar refractivity (Wildman–Crippen MR) is 186 cm³/mol. The molecule has 6 aromatic carbocycles.